The molecule has 0 fully saturated rings. The monoisotopic (exact) mass is 124 g/mol. The Bertz CT molecular complexity index is 64.4. The number of rotatable bonds is 5. The molecule has 0 saturated carbocycles. The number of allylic oxidation sites excluding steroid dienone is 1. The topological polar surface area (TPSA) is 0 Å². The second-order valence-electron chi connectivity index (χ2n) is 2.32. The van der Waals surface area contributed by atoms with Crippen molar-refractivity contribution in [3.63, 3.8) is 0 Å². The molecule has 1 unspecified atom stereocenters. The van der Waals surface area contributed by atoms with Crippen molar-refractivity contribution < 1.29 is 0 Å². The van der Waals surface area contributed by atoms with Crippen LogP contribution in [0.1, 0.15) is 25.7 Å². The van der Waals surface area contributed by atoms with Gasteiger partial charge in [0.15, 0.2) is 0 Å². The SMILES string of the molecule is [CH2]CCC(C[CH2])CC=C. The molecule has 0 bridgehead atoms. The van der Waals surface area contributed by atoms with Crippen molar-refractivity contribution in [1.29, 1.82) is 0 Å². The van der Waals surface area contributed by atoms with Crippen molar-refractivity contribution in [2.45, 2.75) is 25.7 Å². The van der Waals surface area contributed by atoms with E-state index in [1.54, 1.807) is 0 Å². The first kappa shape index (κ1) is 8.74. The normalized spacial score (nSPS) is 13.1. The van der Waals surface area contributed by atoms with Gasteiger partial charge in [0.1, 0.15) is 0 Å². The molecule has 0 nitrogen and oxygen atoms in total. The molecule has 0 aromatic rings. The van der Waals surface area contributed by atoms with E-state index < -0.39 is 0 Å². The molecule has 0 aliphatic rings. The molecule has 0 spiro atoms. The fourth-order valence-corrected chi connectivity index (χ4v) is 0.904. The van der Waals surface area contributed by atoms with Gasteiger partial charge in [-0.05, 0) is 12.3 Å². The van der Waals surface area contributed by atoms with Crippen LogP contribution in [0, 0.1) is 19.8 Å². The van der Waals surface area contributed by atoms with Crippen LogP contribution in [0.5, 0.6) is 0 Å². The molecule has 0 aliphatic heterocycles. The summed E-state index contributed by atoms with van der Waals surface area (Å²) in [5.74, 6) is 0.722. The molecular weight excluding hydrogens is 108 g/mol. The molecule has 2 radical (unpaired) electrons. The molecule has 0 aromatic carbocycles. The Kier molecular flexibility index (Phi) is 5.70. The third-order valence-electron chi connectivity index (χ3n) is 1.52. The fourth-order valence-electron chi connectivity index (χ4n) is 0.904. The van der Waals surface area contributed by atoms with Gasteiger partial charge >= 0.3 is 0 Å². The Morgan fingerprint density at radius 2 is 2.00 bits per heavy atom. The van der Waals surface area contributed by atoms with Gasteiger partial charge in [0.25, 0.3) is 0 Å². The standard InChI is InChI=1S/C9H16/c1-4-7-9(6-3)8-5-2/h4,9H,1-3,5-8H2. The van der Waals surface area contributed by atoms with Gasteiger partial charge in [-0.1, -0.05) is 39.2 Å². The summed E-state index contributed by atoms with van der Waals surface area (Å²) in [4.78, 5) is 0. The van der Waals surface area contributed by atoms with E-state index in [2.05, 4.69) is 20.4 Å². The molecule has 52 valence electrons. The maximum atomic E-state index is 3.85. The van der Waals surface area contributed by atoms with Gasteiger partial charge in [0.05, 0.1) is 0 Å². The van der Waals surface area contributed by atoms with E-state index in [9.17, 15) is 0 Å². The highest BCUT2D eigenvalue weighted by atomic mass is 14.1. The number of hydrogen-bond donors (Lipinski definition) is 0. The van der Waals surface area contributed by atoms with Crippen LogP contribution in [0.3, 0.4) is 0 Å². The predicted octanol–water partition coefficient (Wildman–Crippen LogP) is 3.02. The lowest BCUT2D eigenvalue weighted by Crippen LogP contribution is -1.95. The van der Waals surface area contributed by atoms with Crippen molar-refractivity contribution in [2.75, 3.05) is 0 Å². The Balaban J connectivity index is 3.28. The third-order valence-corrected chi connectivity index (χ3v) is 1.52. The summed E-state index contributed by atoms with van der Waals surface area (Å²) in [7, 11) is 0. The second-order valence-corrected chi connectivity index (χ2v) is 2.32. The van der Waals surface area contributed by atoms with Crippen LogP contribution in [0.4, 0.5) is 0 Å². The smallest absolute Gasteiger partial charge is 0.0325 e. The summed E-state index contributed by atoms with van der Waals surface area (Å²) in [5.41, 5.74) is 0. The Morgan fingerprint density at radius 1 is 1.33 bits per heavy atom. The van der Waals surface area contributed by atoms with Gasteiger partial charge in [-0.2, -0.15) is 0 Å². The molecule has 0 heteroatoms. The average Bonchev–Trinajstić information content (AvgIpc) is 1.88. The summed E-state index contributed by atoms with van der Waals surface area (Å²) in [5, 5.41) is 0. The molecule has 0 amide bonds. The van der Waals surface area contributed by atoms with E-state index in [1.165, 1.54) is 6.42 Å². The van der Waals surface area contributed by atoms with E-state index >= 15 is 0 Å². The largest absolute Gasteiger partial charge is 0.103 e. The Labute approximate surface area is 59.0 Å². The first-order valence-electron chi connectivity index (χ1n) is 3.54. The zero-order valence-corrected chi connectivity index (χ0v) is 6.10. The molecule has 0 N–H and O–H groups in total. The number of hydrogen-bond acceptors (Lipinski definition) is 0. The van der Waals surface area contributed by atoms with Crippen LogP contribution < -0.4 is 0 Å². The minimum atomic E-state index is 0.722. The van der Waals surface area contributed by atoms with Crippen molar-refractivity contribution >= 4 is 0 Å². The van der Waals surface area contributed by atoms with Crippen LogP contribution in [-0.2, 0) is 0 Å². The van der Waals surface area contributed by atoms with Gasteiger partial charge in [-0.15, -0.1) is 6.58 Å². The first-order chi connectivity index (χ1) is 4.35. The summed E-state index contributed by atoms with van der Waals surface area (Å²) in [6, 6.07) is 0. The van der Waals surface area contributed by atoms with Crippen molar-refractivity contribution in [1.82, 2.24) is 0 Å². The molecule has 0 aliphatic carbocycles. The molecule has 1 atom stereocenters. The zero-order valence-electron chi connectivity index (χ0n) is 6.10. The molecular formula is C9H16. The lowest BCUT2D eigenvalue weighted by atomic mass is 9.97. The highest BCUT2D eigenvalue weighted by Gasteiger charge is 2.00. The van der Waals surface area contributed by atoms with Crippen LogP contribution in [-0.4, -0.2) is 0 Å². The van der Waals surface area contributed by atoms with E-state index in [-0.39, 0.29) is 0 Å². The predicted molar refractivity (Wildman–Crippen MR) is 42.9 cm³/mol. The van der Waals surface area contributed by atoms with Crippen molar-refractivity contribution in [3.8, 4) is 0 Å². The minimum absolute atomic E-state index is 0.722. The van der Waals surface area contributed by atoms with Crippen LogP contribution in [0.2, 0.25) is 0 Å². The van der Waals surface area contributed by atoms with E-state index in [0.29, 0.717) is 0 Å². The maximum Gasteiger partial charge on any atom is -0.0325 e. The van der Waals surface area contributed by atoms with Crippen molar-refractivity contribution in [3.05, 3.63) is 26.5 Å². The maximum absolute atomic E-state index is 3.85. The summed E-state index contributed by atoms with van der Waals surface area (Å²) < 4.78 is 0. The molecule has 0 aromatic heterocycles. The van der Waals surface area contributed by atoms with E-state index in [1.807, 2.05) is 6.08 Å². The lowest BCUT2D eigenvalue weighted by molar-refractivity contribution is 0.501. The lowest BCUT2D eigenvalue weighted by Gasteiger charge is -2.08. The Morgan fingerprint density at radius 3 is 2.33 bits per heavy atom. The second kappa shape index (κ2) is 5.87. The highest BCUT2D eigenvalue weighted by Crippen LogP contribution is 2.14. The molecule has 0 rings (SSSR count). The van der Waals surface area contributed by atoms with Gasteiger partial charge in [0, 0.05) is 0 Å². The van der Waals surface area contributed by atoms with Crippen LogP contribution >= 0.6 is 0 Å². The quantitative estimate of drug-likeness (QED) is 0.494. The van der Waals surface area contributed by atoms with Crippen molar-refractivity contribution in [2.24, 2.45) is 5.92 Å². The Hall–Kier alpha value is -0.260. The minimum Gasteiger partial charge on any atom is -0.103 e. The van der Waals surface area contributed by atoms with E-state index in [4.69, 9.17) is 0 Å². The van der Waals surface area contributed by atoms with Gasteiger partial charge in [0.2, 0.25) is 0 Å². The van der Waals surface area contributed by atoms with Crippen LogP contribution in [0.15, 0.2) is 12.7 Å². The van der Waals surface area contributed by atoms with Crippen LogP contribution in [0.25, 0.3) is 0 Å². The van der Waals surface area contributed by atoms with Gasteiger partial charge in [-0.25, -0.2) is 0 Å². The average molecular weight is 124 g/mol. The molecule has 0 heterocycles. The highest BCUT2D eigenvalue weighted by molar-refractivity contribution is 4.73. The zero-order chi connectivity index (χ0) is 7.11. The first-order valence-corrected chi connectivity index (χ1v) is 3.54. The summed E-state index contributed by atoms with van der Waals surface area (Å²) >= 11 is 0. The van der Waals surface area contributed by atoms with Gasteiger partial charge in [-0.3, -0.25) is 0 Å². The molecule has 0 saturated heterocycles. The van der Waals surface area contributed by atoms with Gasteiger partial charge < -0.3 is 0 Å². The fraction of sp³-hybridized carbons (Fsp3) is 0.556. The molecule has 9 heavy (non-hydrogen) atoms. The summed E-state index contributed by atoms with van der Waals surface area (Å²) in [6.07, 6.45) is 6.29. The third kappa shape index (κ3) is 4.26. The summed E-state index contributed by atoms with van der Waals surface area (Å²) in [6.45, 7) is 11.3. The van der Waals surface area contributed by atoms with E-state index in [0.717, 1.165) is 25.2 Å².